The number of rotatable bonds is 4. The van der Waals surface area contributed by atoms with Gasteiger partial charge in [0.1, 0.15) is 0 Å². The lowest BCUT2D eigenvalue weighted by atomic mass is 10.0. The standard InChI is InChI=1S/C13H27N3/c1-15-9-7-13(11-15)16(2)10-6-12-5-3-4-8-14-12/h12-14H,3-11H2,1-2H3. The van der Waals surface area contributed by atoms with Gasteiger partial charge in [-0.15, -0.1) is 0 Å². The molecule has 0 spiro atoms. The van der Waals surface area contributed by atoms with Gasteiger partial charge in [0.2, 0.25) is 0 Å². The van der Waals surface area contributed by atoms with Gasteiger partial charge >= 0.3 is 0 Å². The molecule has 3 heteroatoms. The van der Waals surface area contributed by atoms with E-state index in [0.29, 0.717) is 0 Å². The first kappa shape index (κ1) is 12.3. The molecule has 0 aromatic carbocycles. The van der Waals surface area contributed by atoms with Gasteiger partial charge in [0, 0.05) is 18.6 Å². The minimum absolute atomic E-state index is 0.787. The normalized spacial score (nSPS) is 32.4. The summed E-state index contributed by atoms with van der Waals surface area (Å²) in [5.74, 6) is 0. The highest BCUT2D eigenvalue weighted by Gasteiger charge is 2.23. The third kappa shape index (κ3) is 3.44. The second-order valence-corrected chi connectivity index (χ2v) is 5.62. The Balaban J connectivity index is 1.64. The lowest BCUT2D eigenvalue weighted by Gasteiger charge is -2.28. The van der Waals surface area contributed by atoms with Crippen LogP contribution >= 0.6 is 0 Å². The summed E-state index contributed by atoms with van der Waals surface area (Å²) in [4.78, 5) is 5.01. The molecular formula is C13H27N3. The van der Waals surface area contributed by atoms with Gasteiger partial charge in [-0.3, -0.25) is 0 Å². The van der Waals surface area contributed by atoms with Crippen molar-refractivity contribution in [1.82, 2.24) is 15.1 Å². The molecule has 0 saturated carbocycles. The molecule has 2 fully saturated rings. The molecule has 2 heterocycles. The lowest BCUT2D eigenvalue weighted by molar-refractivity contribution is 0.222. The number of nitrogens with zero attached hydrogens (tertiary/aromatic N) is 2. The summed E-state index contributed by atoms with van der Waals surface area (Å²) in [7, 11) is 4.53. The van der Waals surface area contributed by atoms with Crippen LogP contribution < -0.4 is 5.32 Å². The summed E-state index contributed by atoms with van der Waals surface area (Å²) in [6.07, 6.45) is 6.87. The molecule has 2 rings (SSSR count). The summed E-state index contributed by atoms with van der Waals surface area (Å²) in [6, 6.07) is 1.59. The Bertz CT molecular complexity index is 201. The van der Waals surface area contributed by atoms with Crippen LogP contribution in [0.15, 0.2) is 0 Å². The van der Waals surface area contributed by atoms with E-state index in [-0.39, 0.29) is 0 Å². The second-order valence-electron chi connectivity index (χ2n) is 5.62. The van der Waals surface area contributed by atoms with Gasteiger partial charge in [-0.1, -0.05) is 6.42 Å². The van der Waals surface area contributed by atoms with E-state index in [9.17, 15) is 0 Å². The van der Waals surface area contributed by atoms with Crippen LogP contribution in [0.2, 0.25) is 0 Å². The average molecular weight is 225 g/mol. The van der Waals surface area contributed by atoms with Crippen molar-refractivity contribution in [2.24, 2.45) is 0 Å². The Morgan fingerprint density at radius 1 is 1.31 bits per heavy atom. The fourth-order valence-corrected chi connectivity index (χ4v) is 2.98. The first-order valence-corrected chi connectivity index (χ1v) is 6.88. The summed E-state index contributed by atoms with van der Waals surface area (Å²) in [6.45, 7) is 5.03. The maximum absolute atomic E-state index is 3.64. The van der Waals surface area contributed by atoms with E-state index in [1.807, 2.05) is 0 Å². The molecule has 2 atom stereocenters. The molecule has 0 aromatic rings. The summed E-state index contributed by atoms with van der Waals surface area (Å²) < 4.78 is 0. The molecule has 0 aliphatic carbocycles. The largest absolute Gasteiger partial charge is 0.314 e. The summed E-state index contributed by atoms with van der Waals surface area (Å²) in [5.41, 5.74) is 0. The fraction of sp³-hybridized carbons (Fsp3) is 1.00. The Kier molecular flexibility index (Phi) is 4.62. The van der Waals surface area contributed by atoms with Crippen LogP contribution in [-0.2, 0) is 0 Å². The van der Waals surface area contributed by atoms with Crippen LogP contribution in [0, 0.1) is 0 Å². The van der Waals surface area contributed by atoms with Crippen LogP contribution in [0.4, 0.5) is 0 Å². The Morgan fingerprint density at radius 3 is 2.81 bits per heavy atom. The van der Waals surface area contributed by atoms with Crippen LogP contribution in [0.3, 0.4) is 0 Å². The first-order valence-electron chi connectivity index (χ1n) is 6.88. The third-order valence-electron chi connectivity index (χ3n) is 4.23. The molecule has 2 saturated heterocycles. The fourth-order valence-electron chi connectivity index (χ4n) is 2.98. The molecule has 0 amide bonds. The van der Waals surface area contributed by atoms with Gasteiger partial charge in [-0.25, -0.2) is 0 Å². The lowest BCUT2D eigenvalue weighted by Crippen LogP contribution is -2.40. The highest BCUT2D eigenvalue weighted by Crippen LogP contribution is 2.15. The Labute approximate surface area is 100 Å². The number of nitrogens with one attached hydrogen (secondary N) is 1. The molecule has 94 valence electrons. The summed E-state index contributed by atoms with van der Waals surface area (Å²) in [5, 5.41) is 3.64. The van der Waals surface area contributed by atoms with Crippen molar-refractivity contribution in [2.45, 2.75) is 44.2 Å². The minimum Gasteiger partial charge on any atom is -0.314 e. The van der Waals surface area contributed by atoms with Gasteiger partial charge in [-0.05, 0) is 59.4 Å². The van der Waals surface area contributed by atoms with Gasteiger partial charge in [0.15, 0.2) is 0 Å². The van der Waals surface area contributed by atoms with Crippen LogP contribution in [0.5, 0.6) is 0 Å². The molecule has 1 N–H and O–H groups in total. The van der Waals surface area contributed by atoms with Crippen LogP contribution in [-0.4, -0.2) is 62.2 Å². The number of likely N-dealkylation sites (N-methyl/N-ethyl adjacent to an activating group) is 2. The van der Waals surface area contributed by atoms with Crippen LogP contribution in [0.1, 0.15) is 32.1 Å². The highest BCUT2D eigenvalue weighted by atomic mass is 15.2. The zero-order chi connectivity index (χ0) is 11.4. The van der Waals surface area contributed by atoms with E-state index in [0.717, 1.165) is 12.1 Å². The topological polar surface area (TPSA) is 18.5 Å². The molecule has 0 aromatic heterocycles. The van der Waals surface area contributed by atoms with Crippen molar-refractivity contribution in [1.29, 1.82) is 0 Å². The monoisotopic (exact) mass is 225 g/mol. The zero-order valence-electron chi connectivity index (χ0n) is 10.9. The third-order valence-corrected chi connectivity index (χ3v) is 4.23. The van der Waals surface area contributed by atoms with E-state index in [2.05, 4.69) is 29.2 Å². The zero-order valence-corrected chi connectivity index (χ0v) is 10.9. The van der Waals surface area contributed by atoms with Gasteiger partial charge < -0.3 is 15.1 Å². The van der Waals surface area contributed by atoms with Gasteiger partial charge in [0.05, 0.1) is 0 Å². The molecule has 2 aliphatic rings. The molecule has 2 unspecified atom stereocenters. The predicted octanol–water partition coefficient (Wildman–Crippen LogP) is 1.15. The highest BCUT2D eigenvalue weighted by molar-refractivity contribution is 4.81. The molecule has 0 radical (unpaired) electrons. The maximum atomic E-state index is 3.64. The van der Waals surface area contributed by atoms with E-state index in [4.69, 9.17) is 0 Å². The van der Waals surface area contributed by atoms with Crippen molar-refractivity contribution in [3.05, 3.63) is 0 Å². The van der Waals surface area contributed by atoms with E-state index < -0.39 is 0 Å². The number of piperidine rings is 1. The second kappa shape index (κ2) is 5.99. The smallest absolute Gasteiger partial charge is 0.0232 e. The summed E-state index contributed by atoms with van der Waals surface area (Å²) >= 11 is 0. The predicted molar refractivity (Wildman–Crippen MR) is 68.8 cm³/mol. The molecule has 0 bridgehead atoms. The quantitative estimate of drug-likeness (QED) is 0.774. The van der Waals surface area contributed by atoms with Crippen molar-refractivity contribution in [3.8, 4) is 0 Å². The van der Waals surface area contributed by atoms with Gasteiger partial charge in [-0.2, -0.15) is 0 Å². The van der Waals surface area contributed by atoms with E-state index in [1.165, 1.54) is 58.3 Å². The van der Waals surface area contributed by atoms with Crippen molar-refractivity contribution >= 4 is 0 Å². The average Bonchev–Trinajstić information content (AvgIpc) is 2.74. The Morgan fingerprint density at radius 2 is 2.19 bits per heavy atom. The van der Waals surface area contributed by atoms with Crippen molar-refractivity contribution < 1.29 is 0 Å². The molecular weight excluding hydrogens is 198 g/mol. The van der Waals surface area contributed by atoms with E-state index in [1.54, 1.807) is 0 Å². The maximum Gasteiger partial charge on any atom is 0.0232 e. The first-order chi connectivity index (χ1) is 7.75. The molecule has 2 aliphatic heterocycles. The van der Waals surface area contributed by atoms with Crippen molar-refractivity contribution in [3.63, 3.8) is 0 Å². The van der Waals surface area contributed by atoms with Gasteiger partial charge in [0.25, 0.3) is 0 Å². The number of likely N-dealkylation sites (tertiary alicyclic amines) is 1. The van der Waals surface area contributed by atoms with Crippen molar-refractivity contribution in [2.75, 3.05) is 40.3 Å². The SMILES string of the molecule is CN1CCC(N(C)CCC2CCCCN2)C1. The molecule has 3 nitrogen and oxygen atoms in total. The van der Waals surface area contributed by atoms with E-state index >= 15 is 0 Å². The van der Waals surface area contributed by atoms with Crippen LogP contribution in [0.25, 0.3) is 0 Å². The minimum atomic E-state index is 0.787. The number of hydrogen-bond donors (Lipinski definition) is 1. The Hall–Kier alpha value is -0.120. The number of hydrogen-bond acceptors (Lipinski definition) is 3. The molecule has 16 heavy (non-hydrogen) atoms.